The molecule has 2 aromatic carbocycles. The van der Waals surface area contributed by atoms with Crippen molar-refractivity contribution >= 4 is 27.5 Å². The van der Waals surface area contributed by atoms with E-state index in [2.05, 4.69) is 15.9 Å². The third kappa shape index (κ3) is 3.64. The molecular formula is C15H14BrClO2. The number of ether oxygens (including phenoxy) is 2. The second-order valence-electron chi connectivity index (χ2n) is 4.18. The fourth-order valence-corrected chi connectivity index (χ4v) is 2.28. The molecule has 0 saturated heterocycles. The van der Waals surface area contributed by atoms with E-state index < -0.39 is 0 Å². The van der Waals surface area contributed by atoms with Gasteiger partial charge in [0.25, 0.3) is 0 Å². The van der Waals surface area contributed by atoms with Crippen LogP contribution in [0.5, 0.6) is 11.5 Å². The zero-order valence-corrected chi connectivity index (χ0v) is 13.1. The average molecular weight is 342 g/mol. The number of rotatable bonds is 4. The van der Waals surface area contributed by atoms with E-state index in [0.717, 1.165) is 15.8 Å². The monoisotopic (exact) mass is 340 g/mol. The molecule has 0 aliphatic carbocycles. The lowest BCUT2D eigenvalue weighted by Crippen LogP contribution is -1.99. The maximum atomic E-state index is 6.09. The van der Waals surface area contributed by atoms with Crippen LogP contribution in [-0.2, 0) is 6.61 Å². The third-order valence-corrected chi connectivity index (χ3v) is 3.52. The molecule has 0 amide bonds. The largest absolute Gasteiger partial charge is 0.496 e. The van der Waals surface area contributed by atoms with E-state index >= 15 is 0 Å². The van der Waals surface area contributed by atoms with Gasteiger partial charge in [0.2, 0.25) is 0 Å². The van der Waals surface area contributed by atoms with Crippen molar-refractivity contribution in [2.75, 3.05) is 7.11 Å². The SMILES string of the molecule is COc1ccc(C)cc1COc1cc(Br)ccc1Cl. The Labute approximate surface area is 126 Å². The van der Waals surface area contributed by atoms with Gasteiger partial charge in [0.1, 0.15) is 18.1 Å². The van der Waals surface area contributed by atoms with Gasteiger partial charge >= 0.3 is 0 Å². The number of halogens is 2. The van der Waals surface area contributed by atoms with Gasteiger partial charge in [-0.1, -0.05) is 39.2 Å². The molecule has 19 heavy (non-hydrogen) atoms. The Balaban J connectivity index is 2.18. The molecule has 2 aromatic rings. The molecule has 0 saturated carbocycles. The molecule has 2 rings (SSSR count). The zero-order valence-electron chi connectivity index (χ0n) is 10.7. The highest BCUT2D eigenvalue weighted by Crippen LogP contribution is 2.29. The first kappa shape index (κ1) is 14.2. The van der Waals surface area contributed by atoms with Crippen molar-refractivity contribution < 1.29 is 9.47 Å². The maximum Gasteiger partial charge on any atom is 0.139 e. The van der Waals surface area contributed by atoms with E-state index in [4.69, 9.17) is 21.1 Å². The van der Waals surface area contributed by atoms with Crippen LogP contribution in [0.2, 0.25) is 5.02 Å². The zero-order chi connectivity index (χ0) is 13.8. The Morgan fingerprint density at radius 3 is 2.63 bits per heavy atom. The summed E-state index contributed by atoms with van der Waals surface area (Å²) in [4.78, 5) is 0. The predicted molar refractivity (Wildman–Crippen MR) is 81.2 cm³/mol. The molecule has 0 unspecified atom stereocenters. The van der Waals surface area contributed by atoms with Crippen molar-refractivity contribution in [3.63, 3.8) is 0 Å². The minimum atomic E-state index is 0.418. The molecule has 0 fully saturated rings. The molecule has 4 heteroatoms. The summed E-state index contributed by atoms with van der Waals surface area (Å²) in [6.07, 6.45) is 0. The van der Waals surface area contributed by atoms with Crippen molar-refractivity contribution in [1.82, 2.24) is 0 Å². The molecule has 0 bridgehead atoms. The van der Waals surface area contributed by atoms with Crippen LogP contribution in [0.4, 0.5) is 0 Å². The Morgan fingerprint density at radius 2 is 1.89 bits per heavy atom. The van der Waals surface area contributed by atoms with Crippen LogP contribution < -0.4 is 9.47 Å². The minimum absolute atomic E-state index is 0.418. The van der Waals surface area contributed by atoms with Crippen LogP contribution in [0.25, 0.3) is 0 Å². The summed E-state index contributed by atoms with van der Waals surface area (Å²) in [6.45, 7) is 2.45. The van der Waals surface area contributed by atoms with Gasteiger partial charge in [-0.25, -0.2) is 0 Å². The van der Waals surface area contributed by atoms with E-state index in [1.54, 1.807) is 13.2 Å². The molecule has 0 N–H and O–H groups in total. The van der Waals surface area contributed by atoms with Gasteiger partial charge in [-0.05, 0) is 37.3 Å². The smallest absolute Gasteiger partial charge is 0.139 e. The molecule has 0 atom stereocenters. The lowest BCUT2D eigenvalue weighted by atomic mass is 10.1. The van der Waals surface area contributed by atoms with Crippen LogP contribution in [0.3, 0.4) is 0 Å². The maximum absolute atomic E-state index is 6.09. The number of hydrogen-bond donors (Lipinski definition) is 0. The minimum Gasteiger partial charge on any atom is -0.496 e. The van der Waals surface area contributed by atoms with E-state index in [1.165, 1.54) is 5.56 Å². The molecular weight excluding hydrogens is 328 g/mol. The highest BCUT2D eigenvalue weighted by atomic mass is 79.9. The van der Waals surface area contributed by atoms with E-state index in [9.17, 15) is 0 Å². The highest BCUT2D eigenvalue weighted by molar-refractivity contribution is 9.10. The van der Waals surface area contributed by atoms with E-state index in [1.807, 2.05) is 37.3 Å². The Morgan fingerprint density at radius 1 is 1.11 bits per heavy atom. The van der Waals surface area contributed by atoms with Crippen LogP contribution in [0.1, 0.15) is 11.1 Å². The third-order valence-electron chi connectivity index (χ3n) is 2.71. The molecule has 0 radical (unpaired) electrons. The number of hydrogen-bond acceptors (Lipinski definition) is 2. The summed E-state index contributed by atoms with van der Waals surface area (Å²) in [5.74, 6) is 1.47. The van der Waals surface area contributed by atoms with Crippen molar-refractivity contribution in [2.45, 2.75) is 13.5 Å². The first-order valence-corrected chi connectivity index (χ1v) is 6.98. The van der Waals surface area contributed by atoms with E-state index in [0.29, 0.717) is 17.4 Å². The molecule has 0 aromatic heterocycles. The Bertz CT molecular complexity index is 584. The summed E-state index contributed by atoms with van der Waals surface area (Å²) < 4.78 is 12.0. The first-order chi connectivity index (χ1) is 9.10. The van der Waals surface area contributed by atoms with E-state index in [-0.39, 0.29) is 0 Å². The second kappa shape index (κ2) is 6.31. The van der Waals surface area contributed by atoms with Gasteiger partial charge in [0.15, 0.2) is 0 Å². The van der Waals surface area contributed by atoms with Crippen molar-refractivity contribution in [3.8, 4) is 11.5 Å². The topological polar surface area (TPSA) is 18.5 Å². The molecule has 0 aliphatic rings. The fourth-order valence-electron chi connectivity index (χ4n) is 1.76. The fraction of sp³-hybridized carbons (Fsp3) is 0.200. The summed E-state index contributed by atoms with van der Waals surface area (Å²) in [7, 11) is 1.65. The van der Waals surface area contributed by atoms with Crippen molar-refractivity contribution in [3.05, 3.63) is 57.0 Å². The van der Waals surface area contributed by atoms with Crippen molar-refractivity contribution in [2.24, 2.45) is 0 Å². The summed E-state index contributed by atoms with van der Waals surface area (Å²) in [5, 5.41) is 0.592. The molecule has 2 nitrogen and oxygen atoms in total. The van der Waals surface area contributed by atoms with Gasteiger partial charge in [0, 0.05) is 10.0 Å². The average Bonchev–Trinajstić information content (AvgIpc) is 2.40. The lowest BCUT2D eigenvalue weighted by Gasteiger charge is -2.12. The summed E-state index contributed by atoms with van der Waals surface area (Å²) in [5.41, 5.74) is 2.17. The highest BCUT2D eigenvalue weighted by Gasteiger charge is 2.07. The predicted octanol–water partition coefficient (Wildman–Crippen LogP) is 5.00. The van der Waals surface area contributed by atoms with Gasteiger partial charge in [-0.15, -0.1) is 0 Å². The number of aryl methyl sites for hydroxylation is 1. The normalized spacial score (nSPS) is 10.3. The Hall–Kier alpha value is -1.19. The standard InChI is InChI=1S/C15H14BrClO2/c1-10-3-6-14(18-2)11(7-10)9-19-15-8-12(16)4-5-13(15)17/h3-8H,9H2,1-2H3. The molecule has 100 valence electrons. The van der Waals surface area contributed by atoms with Crippen molar-refractivity contribution in [1.29, 1.82) is 0 Å². The number of benzene rings is 2. The van der Waals surface area contributed by atoms with Gasteiger partial charge in [-0.2, -0.15) is 0 Å². The molecule has 0 aliphatic heterocycles. The van der Waals surface area contributed by atoms with Crippen LogP contribution in [0.15, 0.2) is 40.9 Å². The van der Waals surface area contributed by atoms with Gasteiger partial charge in [-0.3, -0.25) is 0 Å². The van der Waals surface area contributed by atoms with Crippen LogP contribution in [-0.4, -0.2) is 7.11 Å². The second-order valence-corrected chi connectivity index (χ2v) is 5.50. The molecule has 0 spiro atoms. The molecule has 0 heterocycles. The quantitative estimate of drug-likeness (QED) is 0.779. The summed E-state index contributed by atoms with van der Waals surface area (Å²) in [6, 6.07) is 11.5. The first-order valence-electron chi connectivity index (χ1n) is 5.81. The van der Waals surface area contributed by atoms with Gasteiger partial charge < -0.3 is 9.47 Å². The van der Waals surface area contributed by atoms with Gasteiger partial charge in [0.05, 0.1) is 12.1 Å². The Kier molecular flexibility index (Phi) is 4.72. The lowest BCUT2D eigenvalue weighted by molar-refractivity contribution is 0.296. The summed E-state index contributed by atoms with van der Waals surface area (Å²) >= 11 is 9.49. The van der Waals surface area contributed by atoms with Crippen LogP contribution >= 0.6 is 27.5 Å². The number of methoxy groups -OCH3 is 1. The van der Waals surface area contributed by atoms with Crippen LogP contribution in [0, 0.1) is 6.92 Å².